The maximum atomic E-state index is 12.2. The Morgan fingerprint density at radius 2 is 2.28 bits per heavy atom. The van der Waals surface area contributed by atoms with Gasteiger partial charge in [0.1, 0.15) is 0 Å². The fourth-order valence-electron chi connectivity index (χ4n) is 2.40. The van der Waals surface area contributed by atoms with Crippen molar-refractivity contribution < 1.29 is 4.79 Å². The molecule has 2 rings (SSSR count). The van der Waals surface area contributed by atoms with Crippen LogP contribution in [0.25, 0.3) is 0 Å². The largest absolute Gasteiger partial charge is 0.349 e. The minimum absolute atomic E-state index is 0.00211. The first-order valence-electron chi connectivity index (χ1n) is 6.25. The van der Waals surface area contributed by atoms with E-state index in [-0.39, 0.29) is 11.9 Å². The SMILES string of the molecule is Cc1ccc(C(=O)NC2CCCC2CCl)cc1Br. The van der Waals surface area contributed by atoms with Gasteiger partial charge >= 0.3 is 0 Å². The van der Waals surface area contributed by atoms with Crippen molar-refractivity contribution in [1.29, 1.82) is 0 Å². The number of carbonyl (C=O) groups excluding carboxylic acids is 1. The van der Waals surface area contributed by atoms with Crippen LogP contribution in [0.2, 0.25) is 0 Å². The van der Waals surface area contributed by atoms with Gasteiger partial charge in [0.25, 0.3) is 5.91 Å². The van der Waals surface area contributed by atoms with Crippen LogP contribution in [0.5, 0.6) is 0 Å². The smallest absolute Gasteiger partial charge is 0.251 e. The van der Waals surface area contributed by atoms with Crippen LogP contribution in [-0.4, -0.2) is 17.8 Å². The molecular formula is C14H17BrClNO. The van der Waals surface area contributed by atoms with Crippen LogP contribution in [0.15, 0.2) is 22.7 Å². The van der Waals surface area contributed by atoms with Crippen molar-refractivity contribution >= 4 is 33.4 Å². The summed E-state index contributed by atoms with van der Waals surface area (Å²) in [7, 11) is 0. The molecule has 2 unspecified atom stereocenters. The van der Waals surface area contributed by atoms with Crippen LogP contribution >= 0.6 is 27.5 Å². The first-order valence-corrected chi connectivity index (χ1v) is 7.57. The van der Waals surface area contributed by atoms with E-state index in [1.165, 1.54) is 0 Å². The lowest BCUT2D eigenvalue weighted by atomic mass is 10.1. The van der Waals surface area contributed by atoms with E-state index in [1.807, 2.05) is 25.1 Å². The van der Waals surface area contributed by atoms with Crippen molar-refractivity contribution in [2.45, 2.75) is 32.2 Å². The summed E-state index contributed by atoms with van der Waals surface area (Å²) in [5.41, 5.74) is 1.83. The minimum Gasteiger partial charge on any atom is -0.349 e. The van der Waals surface area contributed by atoms with Crippen LogP contribution in [-0.2, 0) is 0 Å². The quantitative estimate of drug-likeness (QED) is 0.837. The second kappa shape index (κ2) is 6.07. The molecule has 1 aromatic rings. The highest BCUT2D eigenvalue weighted by Crippen LogP contribution is 2.27. The number of hydrogen-bond donors (Lipinski definition) is 1. The molecule has 1 fully saturated rings. The molecule has 2 nitrogen and oxygen atoms in total. The summed E-state index contributed by atoms with van der Waals surface area (Å²) >= 11 is 9.37. The second-order valence-corrected chi connectivity index (χ2v) is 6.05. The molecule has 2 atom stereocenters. The van der Waals surface area contributed by atoms with E-state index < -0.39 is 0 Å². The third-order valence-electron chi connectivity index (χ3n) is 3.61. The van der Waals surface area contributed by atoms with Crippen molar-refractivity contribution in [2.24, 2.45) is 5.92 Å². The first-order chi connectivity index (χ1) is 8.61. The van der Waals surface area contributed by atoms with Crippen LogP contribution < -0.4 is 5.32 Å². The lowest BCUT2D eigenvalue weighted by Crippen LogP contribution is -2.37. The van der Waals surface area contributed by atoms with E-state index >= 15 is 0 Å². The molecule has 1 saturated carbocycles. The zero-order chi connectivity index (χ0) is 13.1. The van der Waals surface area contributed by atoms with Crippen molar-refractivity contribution in [3.8, 4) is 0 Å². The lowest BCUT2D eigenvalue weighted by molar-refractivity contribution is 0.0930. The summed E-state index contributed by atoms with van der Waals surface area (Å²) in [4.78, 5) is 12.2. The number of rotatable bonds is 3. The van der Waals surface area contributed by atoms with Crippen LogP contribution in [0, 0.1) is 12.8 Å². The van der Waals surface area contributed by atoms with Crippen LogP contribution in [0.3, 0.4) is 0 Å². The molecule has 18 heavy (non-hydrogen) atoms. The zero-order valence-corrected chi connectivity index (χ0v) is 12.7. The normalized spacial score (nSPS) is 23.1. The Morgan fingerprint density at radius 1 is 1.50 bits per heavy atom. The number of alkyl halides is 1. The molecule has 0 heterocycles. The number of amides is 1. The molecule has 1 N–H and O–H groups in total. The summed E-state index contributed by atoms with van der Waals surface area (Å²) in [6.45, 7) is 2.01. The molecule has 1 amide bonds. The van der Waals surface area contributed by atoms with Crippen molar-refractivity contribution in [1.82, 2.24) is 5.32 Å². The van der Waals surface area contributed by atoms with Crippen LogP contribution in [0.1, 0.15) is 35.2 Å². The molecule has 0 radical (unpaired) electrons. The molecule has 0 aromatic heterocycles. The van der Waals surface area contributed by atoms with Crippen LogP contribution in [0.4, 0.5) is 0 Å². The fourth-order valence-corrected chi connectivity index (χ4v) is 3.15. The molecule has 1 aliphatic rings. The molecule has 0 aliphatic heterocycles. The number of aryl methyl sites for hydroxylation is 1. The van der Waals surface area contributed by atoms with Gasteiger partial charge < -0.3 is 5.32 Å². The summed E-state index contributed by atoms with van der Waals surface area (Å²) in [6.07, 6.45) is 3.31. The van der Waals surface area contributed by atoms with Crippen molar-refractivity contribution in [2.75, 3.05) is 5.88 Å². The van der Waals surface area contributed by atoms with Gasteiger partial charge in [-0.05, 0) is 43.4 Å². The predicted octanol–water partition coefficient (Wildman–Crippen LogP) is 3.89. The molecule has 98 valence electrons. The molecular weight excluding hydrogens is 314 g/mol. The number of benzene rings is 1. The summed E-state index contributed by atoms with van der Waals surface area (Å²) in [6, 6.07) is 5.91. The Bertz CT molecular complexity index is 449. The van der Waals surface area contributed by atoms with Gasteiger partial charge in [0, 0.05) is 22.0 Å². The standard InChI is InChI=1S/C14H17BrClNO/c1-9-5-6-10(7-12(9)15)14(18)17-13-4-2-3-11(13)8-16/h5-7,11,13H,2-4,8H2,1H3,(H,17,18). The van der Waals surface area contributed by atoms with Gasteiger partial charge in [-0.25, -0.2) is 0 Å². The van der Waals surface area contributed by atoms with Crippen molar-refractivity contribution in [3.05, 3.63) is 33.8 Å². The average Bonchev–Trinajstić information content (AvgIpc) is 2.79. The van der Waals surface area contributed by atoms with Gasteiger partial charge in [-0.1, -0.05) is 28.4 Å². The fraction of sp³-hybridized carbons (Fsp3) is 0.500. The second-order valence-electron chi connectivity index (χ2n) is 4.89. The maximum Gasteiger partial charge on any atom is 0.251 e. The summed E-state index contributed by atoms with van der Waals surface area (Å²) in [5, 5.41) is 3.10. The average molecular weight is 331 g/mol. The van der Waals surface area contributed by atoms with E-state index in [0.29, 0.717) is 17.4 Å². The Morgan fingerprint density at radius 3 is 2.94 bits per heavy atom. The molecule has 0 saturated heterocycles. The monoisotopic (exact) mass is 329 g/mol. The van der Waals surface area contributed by atoms with E-state index in [9.17, 15) is 4.79 Å². The highest BCUT2D eigenvalue weighted by molar-refractivity contribution is 9.10. The third-order valence-corrected chi connectivity index (χ3v) is 4.86. The summed E-state index contributed by atoms with van der Waals surface area (Å²) in [5.74, 6) is 1.05. The van der Waals surface area contributed by atoms with E-state index in [0.717, 1.165) is 29.3 Å². The van der Waals surface area contributed by atoms with Crippen molar-refractivity contribution in [3.63, 3.8) is 0 Å². The zero-order valence-electron chi connectivity index (χ0n) is 10.4. The molecule has 0 spiro atoms. The highest BCUT2D eigenvalue weighted by atomic mass is 79.9. The predicted molar refractivity (Wildman–Crippen MR) is 78.2 cm³/mol. The third kappa shape index (κ3) is 3.07. The van der Waals surface area contributed by atoms with E-state index in [4.69, 9.17) is 11.6 Å². The van der Waals surface area contributed by atoms with Gasteiger partial charge in [-0.15, -0.1) is 11.6 Å². The topological polar surface area (TPSA) is 29.1 Å². The minimum atomic E-state index is -0.00211. The molecule has 1 aliphatic carbocycles. The van der Waals surface area contributed by atoms with Gasteiger partial charge in [0.15, 0.2) is 0 Å². The Balaban J connectivity index is 2.05. The Hall–Kier alpha value is -0.540. The Labute approximate surface area is 121 Å². The number of nitrogens with one attached hydrogen (secondary N) is 1. The molecule has 4 heteroatoms. The molecule has 0 bridgehead atoms. The van der Waals surface area contributed by atoms with Gasteiger partial charge in [0.05, 0.1) is 0 Å². The van der Waals surface area contributed by atoms with Gasteiger partial charge in [-0.2, -0.15) is 0 Å². The number of halogens is 2. The number of carbonyl (C=O) groups is 1. The Kier molecular flexibility index (Phi) is 4.68. The molecule has 1 aromatic carbocycles. The van der Waals surface area contributed by atoms with Gasteiger partial charge in [0.2, 0.25) is 0 Å². The van der Waals surface area contributed by atoms with E-state index in [1.54, 1.807) is 0 Å². The van der Waals surface area contributed by atoms with E-state index in [2.05, 4.69) is 21.2 Å². The first kappa shape index (κ1) is 13.9. The highest BCUT2D eigenvalue weighted by Gasteiger charge is 2.27. The maximum absolute atomic E-state index is 12.2. The summed E-state index contributed by atoms with van der Waals surface area (Å²) < 4.78 is 0.968. The van der Waals surface area contributed by atoms with Gasteiger partial charge in [-0.3, -0.25) is 4.79 Å². The number of hydrogen-bond acceptors (Lipinski definition) is 1. The lowest BCUT2D eigenvalue weighted by Gasteiger charge is -2.19.